The lowest BCUT2D eigenvalue weighted by Gasteiger charge is -2.37. The highest BCUT2D eigenvalue weighted by Crippen LogP contribution is 2.34. The first-order valence-corrected chi connectivity index (χ1v) is 8.99. The van der Waals surface area contributed by atoms with Crippen LogP contribution in [0.25, 0.3) is 0 Å². The smallest absolute Gasteiger partial charge is 0.0583 e. The second-order valence-electron chi connectivity index (χ2n) is 7.16. The average molecular weight is 280 g/mol. The fourth-order valence-electron chi connectivity index (χ4n) is 4.71. The summed E-state index contributed by atoms with van der Waals surface area (Å²) < 4.78 is 0. The molecule has 0 amide bonds. The first-order valence-electron chi connectivity index (χ1n) is 8.99. The molecule has 1 aliphatic carbocycles. The van der Waals surface area contributed by atoms with Crippen molar-refractivity contribution in [1.29, 1.82) is 0 Å². The molecule has 3 atom stereocenters. The maximum absolute atomic E-state index is 10.3. The van der Waals surface area contributed by atoms with Crippen molar-refractivity contribution in [3.05, 3.63) is 0 Å². The molecular weight excluding hydrogens is 248 g/mol. The molecule has 2 aliphatic heterocycles. The van der Waals surface area contributed by atoms with Gasteiger partial charge in [-0.2, -0.15) is 0 Å². The largest absolute Gasteiger partial charge is 0.393 e. The Morgan fingerprint density at radius 2 is 1.60 bits per heavy atom. The summed E-state index contributed by atoms with van der Waals surface area (Å²) in [5.74, 6) is 0.568. The van der Waals surface area contributed by atoms with Gasteiger partial charge in [-0.15, -0.1) is 0 Å². The average Bonchev–Trinajstić information content (AvgIpc) is 3.11. The molecule has 0 radical (unpaired) electrons. The highest BCUT2D eigenvalue weighted by atomic mass is 16.3. The molecule has 3 heteroatoms. The van der Waals surface area contributed by atoms with Crippen LogP contribution in [-0.2, 0) is 0 Å². The lowest BCUT2D eigenvalue weighted by Crippen LogP contribution is -2.43. The van der Waals surface area contributed by atoms with Crippen LogP contribution in [0.2, 0.25) is 0 Å². The van der Waals surface area contributed by atoms with Crippen molar-refractivity contribution < 1.29 is 5.11 Å². The molecule has 116 valence electrons. The van der Waals surface area contributed by atoms with Crippen LogP contribution in [0.3, 0.4) is 0 Å². The molecule has 0 aromatic heterocycles. The fraction of sp³-hybridized carbons (Fsp3) is 1.00. The van der Waals surface area contributed by atoms with Crippen LogP contribution in [0.5, 0.6) is 0 Å². The molecule has 0 bridgehead atoms. The zero-order chi connectivity index (χ0) is 13.8. The van der Waals surface area contributed by atoms with Crippen LogP contribution < -0.4 is 0 Å². The van der Waals surface area contributed by atoms with Gasteiger partial charge in [-0.25, -0.2) is 0 Å². The van der Waals surface area contributed by atoms with Gasteiger partial charge < -0.3 is 10.0 Å². The quantitative estimate of drug-likeness (QED) is 0.838. The third kappa shape index (κ3) is 3.55. The standard InChI is InChI=1S/C17H32N2O/c20-17-9-2-1-7-15(17)16-8-5-13-19(16)14-6-12-18-10-3-4-11-18/h15-17,20H,1-14H2. The lowest BCUT2D eigenvalue weighted by molar-refractivity contribution is 0.0215. The van der Waals surface area contributed by atoms with Crippen molar-refractivity contribution in [1.82, 2.24) is 9.80 Å². The van der Waals surface area contributed by atoms with Crippen molar-refractivity contribution in [2.45, 2.75) is 69.9 Å². The normalized spacial score (nSPS) is 36.8. The van der Waals surface area contributed by atoms with E-state index in [1.54, 1.807) is 0 Å². The van der Waals surface area contributed by atoms with Gasteiger partial charge in [0, 0.05) is 12.0 Å². The van der Waals surface area contributed by atoms with E-state index in [-0.39, 0.29) is 6.10 Å². The van der Waals surface area contributed by atoms with E-state index in [0.29, 0.717) is 12.0 Å². The Balaban J connectivity index is 1.45. The van der Waals surface area contributed by atoms with E-state index >= 15 is 0 Å². The van der Waals surface area contributed by atoms with Gasteiger partial charge in [-0.1, -0.05) is 12.8 Å². The molecule has 3 rings (SSSR count). The maximum atomic E-state index is 10.3. The van der Waals surface area contributed by atoms with Gasteiger partial charge in [-0.05, 0) is 77.7 Å². The summed E-state index contributed by atoms with van der Waals surface area (Å²) in [5.41, 5.74) is 0. The van der Waals surface area contributed by atoms with E-state index < -0.39 is 0 Å². The van der Waals surface area contributed by atoms with Crippen LogP contribution >= 0.6 is 0 Å². The minimum absolute atomic E-state index is 0.0204. The highest BCUT2D eigenvalue weighted by molar-refractivity contribution is 4.90. The zero-order valence-electron chi connectivity index (χ0n) is 13.0. The molecule has 0 aromatic rings. The van der Waals surface area contributed by atoms with Crippen molar-refractivity contribution in [2.24, 2.45) is 5.92 Å². The number of hydrogen-bond donors (Lipinski definition) is 1. The first-order chi connectivity index (χ1) is 9.84. The Morgan fingerprint density at radius 1 is 0.800 bits per heavy atom. The summed E-state index contributed by atoms with van der Waals surface area (Å²) in [7, 11) is 0. The van der Waals surface area contributed by atoms with Gasteiger partial charge in [0.25, 0.3) is 0 Å². The van der Waals surface area contributed by atoms with Crippen LogP contribution in [0, 0.1) is 5.92 Å². The molecule has 1 N–H and O–H groups in total. The molecule has 3 fully saturated rings. The van der Waals surface area contributed by atoms with Gasteiger partial charge >= 0.3 is 0 Å². The Morgan fingerprint density at radius 3 is 2.40 bits per heavy atom. The summed E-state index contributed by atoms with van der Waals surface area (Å²) >= 11 is 0. The van der Waals surface area contributed by atoms with E-state index in [9.17, 15) is 5.11 Å². The Labute approximate surface area is 124 Å². The number of rotatable bonds is 5. The van der Waals surface area contributed by atoms with Gasteiger partial charge in [0.05, 0.1) is 6.10 Å². The molecule has 3 aliphatic rings. The maximum Gasteiger partial charge on any atom is 0.0583 e. The summed E-state index contributed by atoms with van der Waals surface area (Å²) in [6.45, 7) is 6.46. The van der Waals surface area contributed by atoms with Crippen molar-refractivity contribution in [3.8, 4) is 0 Å². The number of hydrogen-bond acceptors (Lipinski definition) is 3. The predicted molar refractivity (Wildman–Crippen MR) is 82.9 cm³/mol. The molecule has 1 saturated carbocycles. The molecule has 3 unspecified atom stereocenters. The third-order valence-corrected chi connectivity index (χ3v) is 5.81. The zero-order valence-corrected chi connectivity index (χ0v) is 13.0. The molecule has 0 spiro atoms. The topological polar surface area (TPSA) is 26.7 Å². The highest BCUT2D eigenvalue weighted by Gasteiger charge is 2.36. The molecule has 0 aromatic carbocycles. The Kier molecular flexibility index (Phi) is 5.36. The molecule has 2 saturated heterocycles. The van der Waals surface area contributed by atoms with E-state index in [0.717, 1.165) is 6.42 Å². The molecule has 3 nitrogen and oxygen atoms in total. The van der Waals surface area contributed by atoms with Gasteiger partial charge in [0.15, 0.2) is 0 Å². The van der Waals surface area contributed by atoms with Crippen molar-refractivity contribution in [3.63, 3.8) is 0 Å². The number of nitrogens with zero attached hydrogens (tertiary/aromatic N) is 2. The van der Waals surface area contributed by atoms with E-state index in [2.05, 4.69) is 9.80 Å². The Bertz CT molecular complexity index is 291. The van der Waals surface area contributed by atoms with Crippen LogP contribution in [0.15, 0.2) is 0 Å². The van der Waals surface area contributed by atoms with E-state index in [1.165, 1.54) is 84.1 Å². The minimum atomic E-state index is -0.0204. The third-order valence-electron chi connectivity index (χ3n) is 5.81. The first kappa shape index (κ1) is 14.8. The van der Waals surface area contributed by atoms with Gasteiger partial charge in [-0.3, -0.25) is 4.90 Å². The van der Waals surface area contributed by atoms with Crippen molar-refractivity contribution in [2.75, 3.05) is 32.7 Å². The Hall–Kier alpha value is -0.120. The van der Waals surface area contributed by atoms with Gasteiger partial charge in [0.2, 0.25) is 0 Å². The molecule has 2 heterocycles. The van der Waals surface area contributed by atoms with Crippen LogP contribution in [0.1, 0.15) is 57.8 Å². The van der Waals surface area contributed by atoms with E-state index in [1.807, 2.05) is 0 Å². The van der Waals surface area contributed by atoms with Crippen LogP contribution in [0.4, 0.5) is 0 Å². The summed E-state index contributed by atoms with van der Waals surface area (Å²) in [4.78, 5) is 5.33. The van der Waals surface area contributed by atoms with Gasteiger partial charge in [0.1, 0.15) is 0 Å². The van der Waals surface area contributed by atoms with E-state index in [4.69, 9.17) is 0 Å². The molecule has 20 heavy (non-hydrogen) atoms. The number of aliphatic hydroxyl groups is 1. The molecular formula is C17H32N2O. The second-order valence-corrected chi connectivity index (χ2v) is 7.16. The summed E-state index contributed by atoms with van der Waals surface area (Å²) in [5, 5.41) is 10.3. The number of likely N-dealkylation sites (tertiary alicyclic amines) is 2. The summed E-state index contributed by atoms with van der Waals surface area (Å²) in [6, 6.07) is 0.684. The lowest BCUT2D eigenvalue weighted by atomic mass is 9.80. The fourth-order valence-corrected chi connectivity index (χ4v) is 4.71. The number of aliphatic hydroxyl groups excluding tert-OH is 1. The van der Waals surface area contributed by atoms with Crippen molar-refractivity contribution >= 4 is 0 Å². The minimum Gasteiger partial charge on any atom is -0.393 e. The monoisotopic (exact) mass is 280 g/mol. The van der Waals surface area contributed by atoms with Crippen LogP contribution in [-0.4, -0.2) is 59.8 Å². The second kappa shape index (κ2) is 7.24. The summed E-state index contributed by atoms with van der Waals surface area (Å²) in [6.07, 6.45) is 11.6. The SMILES string of the molecule is OC1CCCCC1C1CCCN1CCCN1CCCC1. The predicted octanol–water partition coefficient (Wildman–Crippen LogP) is 2.49.